The lowest BCUT2D eigenvalue weighted by Gasteiger charge is -2.33. The van der Waals surface area contributed by atoms with Crippen LogP contribution in [0.5, 0.6) is 5.75 Å². The van der Waals surface area contributed by atoms with Crippen molar-refractivity contribution in [1.29, 1.82) is 0 Å². The van der Waals surface area contributed by atoms with Crippen LogP contribution in [0.2, 0.25) is 0 Å². The van der Waals surface area contributed by atoms with Gasteiger partial charge in [-0.1, -0.05) is 72.8 Å². The van der Waals surface area contributed by atoms with Gasteiger partial charge in [-0.2, -0.15) is 0 Å². The van der Waals surface area contributed by atoms with E-state index >= 15 is 0 Å². The SMILES string of the molecule is C[N+](C)([O-])CCOc1ccc(/C(=C(\CCCl)c2ccccc2)c2ccccc2)cc1. The summed E-state index contributed by atoms with van der Waals surface area (Å²) in [5.41, 5.74) is 5.83. The molecule has 0 N–H and O–H groups in total. The second kappa shape index (κ2) is 10.4. The zero-order chi connectivity index (χ0) is 21.4. The lowest BCUT2D eigenvalue weighted by Crippen LogP contribution is -2.36. The van der Waals surface area contributed by atoms with Gasteiger partial charge >= 0.3 is 0 Å². The molecule has 0 aliphatic carbocycles. The normalized spacial score (nSPS) is 12.4. The van der Waals surface area contributed by atoms with Gasteiger partial charge in [-0.15, -0.1) is 11.6 Å². The standard InChI is InChI=1S/C26H28ClNO2/c1-28(2,29)19-20-30-24-15-13-23(14-16-24)26(22-11-7-4-8-12-22)25(17-18-27)21-9-5-3-6-10-21/h3-16H,17-20H2,1-2H3/b26-25+. The van der Waals surface area contributed by atoms with Crippen molar-refractivity contribution in [1.82, 2.24) is 0 Å². The number of ether oxygens (including phenoxy) is 1. The highest BCUT2D eigenvalue weighted by molar-refractivity contribution is 6.18. The Kier molecular flexibility index (Phi) is 7.69. The molecule has 0 radical (unpaired) electrons. The summed E-state index contributed by atoms with van der Waals surface area (Å²) in [4.78, 5) is 0. The van der Waals surface area contributed by atoms with Gasteiger partial charge in [0.2, 0.25) is 0 Å². The third-order valence-electron chi connectivity index (χ3n) is 4.87. The number of quaternary nitrogens is 1. The summed E-state index contributed by atoms with van der Waals surface area (Å²) >= 11 is 6.20. The van der Waals surface area contributed by atoms with Crippen LogP contribution >= 0.6 is 11.6 Å². The summed E-state index contributed by atoms with van der Waals surface area (Å²) in [5.74, 6) is 1.31. The minimum atomic E-state index is -0.363. The predicted molar refractivity (Wildman–Crippen MR) is 126 cm³/mol. The van der Waals surface area contributed by atoms with Crippen molar-refractivity contribution in [2.45, 2.75) is 6.42 Å². The first kappa shape index (κ1) is 22.1. The highest BCUT2D eigenvalue weighted by atomic mass is 35.5. The molecule has 30 heavy (non-hydrogen) atoms. The molecule has 0 heterocycles. The van der Waals surface area contributed by atoms with Crippen molar-refractivity contribution in [3.63, 3.8) is 0 Å². The van der Waals surface area contributed by atoms with Crippen LogP contribution in [0.4, 0.5) is 0 Å². The van der Waals surface area contributed by atoms with E-state index in [4.69, 9.17) is 16.3 Å². The summed E-state index contributed by atoms with van der Waals surface area (Å²) in [6.07, 6.45) is 0.768. The Labute approximate surface area is 184 Å². The third kappa shape index (κ3) is 6.20. The molecule has 0 aliphatic rings. The molecule has 156 valence electrons. The van der Waals surface area contributed by atoms with Crippen molar-refractivity contribution in [3.8, 4) is 5.75 Å². The maximum absolute atomic E-state index is 11.7. The van der Waals surface area contributed by atoms with Gasteiger partial charge in [0, 0.05) is 5.88 Å². The van der Waals surface area contributed by atoms with Gasteiger partial charge in [-0.3, -0.25) is 0 Å². The molecule has 3 aromatic carbocycles. The Morgan fingerprint density at radius 2 is 1.33 bits per heavy atom. The van der Waals surface area contributed by atoms with Gasteiger partial charge in [-0.25, -0.2) is 0 Å². The summed E-state index contributed by atoms with van der Waals surface area (Å²) in [6, 6.07) is 28.9. The van der Waals surface area contributed by atoms with E-state index < -0.39 is 0 Å². The molecule has 0 atom stereocenters. The molecule has 0 fully saturated rings. The van der Waals surface area contributed by atoms with E-state index in [1.54, 1.807) is 14.1 Å². The number of allylic oxidation sites excluding steroid dienone is 1. The third-order valence-corrected chi connectivity index (χ3v) is 5.06. The number of halogens is 1. The first-order chi connectivity index (χ1) is 14.5. The van der Waals surface area contributed by atoms with Crippen LogP contribution in [0.3, 0.4) is 0 Å². The molecule has 0 bridgehead atoms. The second-order valence-corrected chi connectivity index (χ2v) is 8.07. The second-order valence-electron chi connectivity index (χ2n) is 7.69. The molecule has 4 heteroatoms. The molecule has 0 aromatic heterocycles. The van der Waals surface area contributed by atoms with E-state index in [-0.39, 0.29) is 4.65 Å². The Bertz CT molecular complexity index is 946. The van der Waals surface area contributed by atoms with Crippen LogP contribution in [0.25, 0.3) is 11.1 Å². The van der Waals surface area contributed by atoms with E-state index in [0.717, 1.165) is 23.3 Å². The smallest absolute Gasteiger partial charge is 0.137 e. The summed E-state index contributed by atoms with van der Waals surface area (Å²) in [5, 5.41) is 11.7. The van der Waals surface area contributed by atoms with Crippen molar-refractivity contribution in [2.75, 3.05) is 33.1 Å². The average Bonchev–Trinajstić information content (AvgIpc) is 2.75. The molecule has 0 unspecified atom stereocenters. The maximum Gasteiger partial charge on any atom is 0.137 e. The van der Waals surface area contributed by atoms with Gasteiger partial charge in [0.25, 0.3) is 0 Å². The number of benzene rings is 3. The molecular weight excluding hydrogens is 394 g/mol. The van der Waals surface area contributed by atoms with Gasteiger partial charge < -0.3 is 14.6 Å². The minimum Gasteiger partial charge on any atom is -0.633 e. The summed E-state index contributed by atoms with van der Waals surface area (Å²) in [7, 11) is 3.23. The lowest BCUT2D eigenvalue weighted by molar-refractivity contribution is -0.840. The van der Waals surface area contributed by atoms with Crippen molar-refractivity contribution >= 4 is 22.7 Å². The van der Waals surface area contributed by atoms with Crippen LogP contribution in [-0.2, 0) is 0 Å². The fraction of sp³-hybridized carbons (Fsp3) is 0.231. The van der Waals surface area contributed by atoms with Gasteiger partial charge in [0.1, 0.15) is 18.9 Å². The molecule has 3 nitrogen and oxygen atoms in total. The molecule has 3 aromatic rings. The van der Waals surface area contributed by atoms with Crippen molar-refractivity contribution < 1.29 is 9.38 Å². The topological polar surface area (TPSA) is 32.3 Å². The van der Waals surface area contributed by atoms with Gasteiger partial charge in [-0.05, 0) is 46.4 Å². The first-order valence-electron chi connectivity index (χ1n) is 10.1. The van der Waals surface area contributed by atoms with Crippen LogP contribution in [-0.4, -0.2) is 37.8 Å². The Morgan fingerprint density at radius 1 is 0.800 bits per heavy atom. The predicted octanol–water partition coefficient (Wildman–Crippen LogP) is 6.23. The number of hydroxylamine groups is 3. The van der Waals surface area contributed by atoms with E-state index in [1.165, 1.54) is 16.7 Å². The molecular formula is C26H28ClNO2. The highest BCUT2D eigenvalue weighted by Gasteiger charge is 2.14. The van der Waals surface area contributed by atoms with Crippen LogP contribution in [0, 0.1) is 5.21 Å². The molecule has 0 amide bonds. The number of hydrogen-bond donors (Lipinski definition) is 0. The molecule has 0 aliphatic heterocycles. The maximum atomic E-state index is 11.7. The average molecular weight is 422 g/mol. The Morgan fingerprint density at radius 3 is 1.87 bits per heavy atom. The first-order valence-corrected chi connectivity index (χ1v) is 10.7. The van der Waals surface area contributed by atoms with Crippen LogP contribution in [0.1, 0.15) is 23.1 Å². The number of hydrogen-bond acceptors (Lipinski definition) is 2. The Hall–Kier alpha value is -2.59. The van der Waals surface area contributed by atoms with E-state index in [2.05, 4.69) is 60.7 Å². The Balaban J connectivity index is 1.99. The number of alkyl halides is 1. The largest absolute Gasteiger partial charge is 0.633 e. The number of rotatable bonds is 9. The fourth-order valence-corrected chi connectivity index (χ4v) is 3.56. The van der Waals surface area contributed by atoms with Gasteiger partial charge in [0.05, 0.1) is 14.1 Å². The van der Waals surface area contributed by atoms with E-state index in [0.29, 0.717) is 19.0 Å². The monoisotopic (exact) mass is 421 g/mol. The fourth-order valence-electron chi connectivity index (χ4n) is 3.37. The minimum absolute atomic E-state index is 0.363. The molecule has 0 saturated heterocycles. The molecule has 0 saturated carbocycles. The number of likely N-dealkylation sites (N-methyl/N-ethyl adjacent to an activating group) is 1. The van der Waals surface area contributed by atoms with Gasteiger partial charge in [0.15, 0.2) is 0 Å². The summed E-state index contributed by atoms with van der Waals surface area (Å²) in [6.45, 7) is 0.795. The quantitative estimate of drug-likeness (QED) is 0.177. The molecule has 0 spiro atoms. The summed E-state index contributed by atoms with van der Waals surface area (Å²) < 4.78 is 5.40. The zero-order valence-electron chi connectivity index (χ0n) is 17.6. The van der Waals surface area contributed by atoms with Crippen molar-refractivity contribution in [2.24, 2.45) is 0 Å². The van der Waals surface area contributed by atoms with Crippen molar-refractivity contribution in [3.05, 3.63) is 107 Å². The van der Waals surface area contributed by atoms with Crippen LogP contribution < -0.4 is 4.74 Å². The van der Waals surface area contributed by atoms with Crippen LogP contribution in [0.15, 0.2) is 84.9 Å². The lowest BCUT2D eigenvalue weighted by atomic mass is 9.88. The zero-order valence-corrected chi connectivity index (χ0v) is 18.3. The van der Waals surface area contributed by atoms with E-state index in [1.807, 2.05) is 24.3 Å². The number of nitrogens with zero attached hydrogens (tertiary/aromatic N) is 1. The highest BCUT2D eigenvalue weighted by Crippen LogP contribution is 2.35. The van der Waals surface area contributed by atoms with E-state index in [9.17, 15) is 5.21 Å². The molecule has 3 rings (SSSR count).